The van der Waals surface area contributed by atoms with Crippen LogP contribution in [0, 0.1) is 5.92 Å². The summed E-state index contributed by atoms with van der Waals surface area (Å²) in [6.07, 6.45) is 4.49. The zero-order valence-corrected chi connectivity index (χ0v) is 21.3. The second kappa shape index (κ2) is 9.04. The number of rotatable bonds is 9. The quantitative estimate of drug-likeness (QED) is 0.273. The summed E-state index contributed by atoms with van der Waals surface area (Å²) in [5, 5.41) is 7.80. The second-order valence-electron chi connectivity index (χ2n) is 10.1. The second-order valence-corrected chi connectivity index (χ2v) is 15.7. The fourth-order valence-electron chi connectivity index (χ4n) is 4.02. The summed E-state index contributed by atoms with van der Waals surface area (Å²) in [5.41, 5.74) is 3.00. The zero-order valence-electron chi connectivity index (χ0n) is 20.3. The molecule has 2 atom stereocenters. The lowest BCUT2D eigenvalue weighted by atomic mass is 10.1. The molecule has 1 aliphatic carbocycles. The van der Waals surface area contributed by atoms with Gasteiger partial charge in [0.25, 0.3) is 0 Å². The van der Waals surface area contributed by atoms with Gasteiger partial charge in [0.05, 0.1) is 13.0 Å². The molecular weight excluding hydrogens is 467 g/mol. The summed E-state index contributed by atoms with van der Waals surface area (Å²) in [6.45, 7) is 7.91. The van der Waals surface area contributed by atoms with E-state index in [0.717, 1.165) is 22.6 Å². The lowest BCUT2D eigenvalue weighted by Gasteiger charge is -2.15. The maximum Gasteiger partial charge on any atom is 0.231 e. The van der Waals surface area contributed by atoms with Gasteiger partial charge >= 0.3 is 0 Å². The van der Waals surface area contributed by atoms with Crippen molar-refractivity contribution < 1.29 is 18.7 Å². The number of fused-ring (bicyclic) bond motifs is 2. The Morgan fingerprint density at radius 1 is 1.23 bits per heavy atom. The number of carbonyl (C=O) groups is 1. The predicted octanol–water partition coefficient (Wildman–Crippen LogP) is 4.36. The van der Waals surface area contributed by atoms with Crippen molar-refractivity contribution in [2.45, 2.75) is 45.0 Å². The smallest absolute Gasteiger partial charge is 0.231 e. The van der Waals surface area contributed by atoms with E-state index >= 15 is 0 Å². The van der Waals surface area contributed by atoms with Crippen LogP contribution in [0.15, 0.2) is 36.9 Å². The van der Waals surface area contributed by atoms with Crippen molar-refractivity contribution in [1.29, 1.82) is 0 Å². The number of halogens is 1. The van der Waals surface area contributed by atoms with Gasteiger partial charge in [0.15, 0.2) is 11.4 Å². The highest BCUT2D eigenvalue weighted by Gasteiger charge is 2.43. The number of hydrogen-bond acceptors (Lipinski definition) is 6. The van der Waals surface area contributed by atoms with Gasteiger partial charge in [-0.3, -0.25) is 4.79 Å². The van der Waals surface area contributed by atoms with E-state index in [-0.39, 0.29) is 12.3 Å². The van der Waals surface area contributed by atoms with Gasteiger partial charge in [0.2, 0.25) is 5.91 Å². The molecule has 4 aromatic rings. The first-order chi connectivity index (χ1) is 16.7. The Labute approximate surface area is 203 Å². The van der Waals surface area contributed by atoms with E-state index in [1.54, 1.807) is 17.7 Å². The third kappa shape index (κ3) is 4.78. The molecule has 0 aliphatic heterocycles. The molecule has 0 aromatic carbocycles. The Kier molecular flexibility index (Phi) is 6.05. The lowest BCUT2D eigenvalue weighted by Crippen LogP contribution is -2.22. The molecule has 0 radical (unpaired) electrons. The van der Waals surface area contributed by atoms with Crippen molar-refractivity contribution in [2.75, 3.05) is 19.0 Å². The molecule has 4 aromatic heterocycles. The molecule has 1 fully saturated rings. The topological polar surface area (TPSA) is 95.6 Å². The largest absolute Gasteiger partial charge is 0.492 e. The highest BCUT2D eigenvalue weighted by atomic mass is 28.3. The van der Waals surface area contributed by atoms with E-state index in [1.165, 1.54) is 6.33 Å². The maximum absolute atomic E-state index is 13.3. The molecule has 0 unspecified atom stereocenters. The first kappa shape index (κ1) is 23.4. The Morgan fingerprint density at radius 3 is 2.74 bits per heavy atom. The van der Waals surface area contributed by atoms with Gasteiger partial charge in [-0.2, -0.15) is 5.10 Å². The highest BCUT2D eigenvalue weighted by Crippen LogP contribution is 2.38. The van der Waals surface area contributed by atoms with Crippen LogP contribution in [0.1, 0.15) is 6.42 Å². The Hall–Kier alpha value is -3.31. The van der Waals surface area contributed by atoms with E-state index in [0.29, 0.717) is 36.2 Å². The molecule has 1 aliphatic rings. The molecule has 5 rings (SSSR count). The minimum absolute atomic E-state index is 0.268. The number of nitrogens with one attached hydrogen (secondary N) is 1. The van der Waals surface area contributed by atoms with Crippen molar-refractivity contribution in [3.63, 3.8) is 0 Å². The standard InChI is InChI=1S/C24H29FN6O3Si/c1-33-21-15(7-8-31-23(21)26-13-27-31)18-12-30(14-34-9-10-35(2,3)4)22-16(18)5-6-20(28-22)29-24(32)17-11-19(17)25/h5-8,12-13,17,19H,9-11,14H2,1-4H3,(H,28,29,32)/t17-,19+/m1/s1. The number of ether oxygens (including phenoxy) is 2. The first-order valence-electron chi connectivity index (χ1n) is 11.6. The molecule has 1 saturated carbocycles. The van der Waals surface area contributed by atoms with E-state index in [1.807, 2.05) is 29.1 Å². The van der Waals surface area contributed by atoms with Crippen molar-refractivity contribution in [2.24, 2.45) is 5.92 Å². The van der Waals surface area contributed by atoms with Crippen LogP contribution in [-0.2, 0) is 16.3 Å². The zero-order chi connectivity index (χ0) is 24.7. The maximum atomic E-state index is 13.3. The molecule has 9 nitrogen and oxygen atoms in total. The lowest BCUT2D eigenvalue weighted by molar-refractivity contribution is -0.117. The molecular formula is C24H29FN6O3Si. The monoisotopic (exact) mass is 496 g/mol. The first-order valence-corrected chi connectivity index (χ1v) is 15.3. The van der Waals surface area contributed by atoms with Crippen LogP contribution in [0.25, 0.3) is 27.8 Å². The van der Waals surface area contributed by atoms with Gasteiger partial charge in [-0.25, -0.2) is 18.9 Å². The average molecular weight is 497 g/mol. The molecule has 0 saturated heterocycles. The molecule has 11 heteroatoms. The Morgan fingerprint density at radius 2 is 2.03 bits per heavy atom. The predicted molar refractivity (Wildman–Crippen MR) is 134 cm³/mol. The number of pyridine rings is 2. The van der Waals surface area contributed by atoms with Gasteiger partial charge in [-0.1, -0.05) is 19.6 Å². The normalized spacial score (nSPS) is 17.7. The fourth-order valence-corrected chi connectivity index (χ4v) is 4.78. The highest BCUT2D eigenvalue weighted by molar-refractivity contribution is 6.76. The molecule has 1 amide bonds. The minimum Gasteiger partial charge on any atom is -0.492 e. The van der Waals surface area contributed by atoms with Crippen molar-refractivity contribution in [3.05, 3.63) is 36.9 Å². The number of carbonyl (C=O) groups excluding carboxylic acids is 1. The number of hydrogen-bond donors (Lipinski definition) is 1. The molecule has 184 valence electrons. The Balaban J connectivity index is 1.53. The average Bonchev–Trinajstić information content (AvgIpc) is 3.21. The summed E-state index contributed by atoms with van der Waals surface area (Å²) in [6, 6.07) is 6.61. The van der Waals surface area contributed by atoms with E-state index in [9.17, 15) is 9.18 Å². The molecule has 0 bridgehead atoms. The molecule has 4 heterocycles. The van der Waals surface area contributed by atoms with Gasteiger partial charge in [0.1, 0.15) is 30.7 Å². The van der Waals surface area contributed by atoms with E-state index in [2.05, 4.69) is 35.0 Å². The molecule has 1 N–H and O–H groups in total. The minimum atomic E-state index is -1.23. The third-order valence-electron chi connectivity index (χ3n) is 6.15. The van der Waals surface area contributed by atoms with Gasteiger partial charge in [-0.15, -0.1) is 0 Å². The number of methoxy groups -OCH3 is 1. The summed E-state index contributed by atoms with van der Waals surface area (Å²) < 4.78 is 28.6. The van der Waals surface area contributed by atoms with Crippen LogP contribution in [0.3, 0.4) is 0 Å². The third-order valence-corrected chi connectivity index (χ3v) is 7.85. The number of anilines is 1. The van der Waals surface area contributed by atoms with Crippen LogP contribution >= 0.6 is 0 Å². The van der Waals surface area contributed by atoms with Crippen LogP contribution < -0.4 is 10.1 Å². The van der Waals surface area contributed by atoms with Gasteiger partial charge in [-0.05, 0) is 30.7 Å². The molecule has 0 spiro atoms. The number of alkyl halides is 1. The van der Waals surface area contributed by atoms with Gasteiger partial charge in [0, 0.05) is 43.6 Å². The summed E-state index contributed by atoms with van der Waals surface area (Å²) in [7, 11) is 0.379. The van der Waals surface area contributed by atoms with Crippen LogP contribution in [-0.4, -0.2) is 58.0 Å². The van der Waals surface area contributed by atoms with Crippen molar-refractivity contribution in [3.8, 4) is 16.9 Å². The van der Waals surface area contributed by atoms with E-state index < -0.39 is 20.2 Å². The Bertz CT molecular complexity index is 1400. The van der Waals surface area contributed by atoms with Crippen LogP contribution in [0.5, 0.6) is 5.75 Å². The summed E-state index contributed by atoms with van der Waals surface area (Å²) >= 11 is 0. The SMILES string of the molecule is COc1c(-c2cn(COCC[Si](C)(C)C)c3nc(NC(=O)[C@@H]4C[C@@H]4F)ccc23)ccn2ncnc12. The number of aromatic nitrogens is 5. The van der Waals surface area contributed by atoms with Crippen molar-refractivity contribution >= 4 is 36.5 Å². The summed E-state index contributed by atoms with van der Waals surface area (Å²) in [4.78, 5) is 21.3. The van der Waals surface area contributed by atoms with Crippen LogP contribution in [0.4, 0.5) is 10.2 Å². The fraction of sp³-hybridized carbons (Fsp3) is 0.417. The van der Waals surface area contributed by atoms with Crippen molar-refractivity contribution in [1.82, 2.24) is 24.1 Å². The van der Waals surface area contributed by atoms with Gasteiger partial charge < -0.3 is 19.4 Å². The molecule has 35 heavy (non-hydrogen) atoms. The van der Waals surface area contributed by atoms with Crippen LogP contribution in [0.2, 0.25) is 25.7 Å². The van der Waals surface area contributed by atoms with E-state index in [4.69, 9.17) is 14.5 Å². The number of amides is 1. The summed E-state index contributed by atoms with van der Waals surface area (Å²) in [5.74, 6) is 0.0603. The number of nitrogens with zero attached hydrogens (tertiary/aromatic N) is 5.